The van der Waals surface area contributed by atoms with Crippen molar-refractivity contribution in [3.8, 4) is 0 Å². The van der Waals surface area contributed by atoms with Gasteiger partial charge in [-0.15, -0.1) is 6.58 Å². The van der Waals surface area contributed by atoms with E-state index in [9.17, 15) is 4.79 Å². The van der Waals surface area contributed by atoms with Crippen LogP contribution in [0.15, 0.2) is 49.2 Å². The smallest absolute Gasteiger partial charge is 0.273 e. The highest BCUT2D eigenvalue weighted by Crippen LogP contribution is 2.29. The van der Waals surface area contributed by atoms with Crippen molar-refractivity contribution in [1.29, 1.82) is 0 Å². The number of allylic oxidation sites excluding steroid dienone is 1. The number of aromatic nitrogens is 2. The molecular weight excluding hydrogens is 322 g/mol. The fraction of sp³-hybridized carbons (Fsp3) is 0.273. The summed E-state index contributed by atoms with van der Waals surface area (Å²) in [5, 5.41) is 4.03. The molecule has 0 unspecified atom stereocenters. The van der Waals surface area contributed by atoms with Crippen molar-refractivity contribution >= 4 is 22.6 Å². The van der Waals surface area contributed by atoms with Gasteiger partial charge in [0.15, 0.2) is 0 Å². The average molecular weight is 347 g/mol. The number of carbonyl (C=O) groups is 1. The van der Waals surface area contributed by atoms with Gasteiger partial charge >= 0.3 is 0 Å². The lowest BCUT2D eigenvalue weighted by molar-refractivity contribution is 0.101. The maximum absolute atomic E-state index is 13.0. The lowest BCUT2D eigenvalue weighted by Crippen LogP contribution is -2.18. The summed E-state index contributed by atoms with van der Waals surface area (Å²) in [4.78, 5) is 17.3. The Morgan fingerprint density at radius 2 is 2.04 bits per heavy atom. The van der Waals surface area contributed by atoms with Crippen LogP contribution in [0.5, 0.6) is 0 Å². The average Bonchev–Trinajstić information content (AvgIpc) is 2.89. The Bertz CT molecular complexity index is 965. The minimum atomic E-state index is -0.150. The molecule has 0 fully saturated rings. The predicted molar refractivity (Wildman–Crippen MR) is 108 cm³/mol. The van der Waals surface area contributed by atoms with Gasteiger partial charge < -0.3 is 9.88 Å². The molecule has 2 aromatic heterocycles. The van der Waals surface area contributed by atoms with Gasteiger partial charge in [0.05, 0.1) is 0 Å². The first-order valence-corrected chi connectivity index (χ1v) is 8.90. The molecule has 0 aliphatic rings. The second-order valence-corrected chi connectivity index (χ2v) is 6.98. The summed E-state index contributed by atoms with van der Waals surface area (Å²) >= 11 is 0. The molecule has 3 rings (SSSR count). The van der Waals surface area contributed by atoms with Crippen molar-refractivity contribution in [1.82, 2.24) is 9.55 Å². The zero-order valence-corrected chi connectivity index (χ0v) is 15.8. The molecule has 0 aliphatic carbocycles. The summed E-state index contributed by atoms with van der Waals surface area (Å²) in [5.74, 6) is 0.844. The molecule has 0 spiro atoms. The minimum absolute atomic E-state index is 0.150. The highest BCUT2D eigenvalue weighted by molar-refractivity contribution is 6.08. The zero-order chi connectivity index (χ0) is 18.8. The van der Waals surface area contributed by atoms with Crippen LogP contribution >= 0.6 is 0 Å². The van der Waals surface area contributed by atoms with Gasteiger partial charge in [0.1, 0.15) is 11.5 Å². The van der Waals surface area contributed by atoms with Crippen LogP contribution in [-0.4, -0.2) is 15.5 Å². The Morgan fingerprint density at radius 1 is 1.27 bits per heavy atom. The fourth-order valence-electron chi connectivity index (χ4n) is 3.23. The Kier molecular flexibility index (Phi) is 4.94. The predicted octanol–water partition coefficient (Wildman–Crippen LogP) is 5.21. The van der Waals surface area contributed by atoms with Crippen LogP contribution in [0.2, 0.25) is 0 Å². The van der Waals surface area contributed by atoms with E-state index in [1.165, 1.54) is 5.56 Å². The van der Waals surface area contributed by atoms with E-state index in [1.54, 1.807) is 6.20 Å². The number of rotatable bonds is 5. The van der Waals surface area contributed by atoms with Crippen LogP contribution in [0, 0.1) is 13.8 Å². The maximum Gasteiger partial charge on any atom is 0.273 e. The first-order valence-electron chi connectivity index (χ1n) is 8.90. The lowest BCUT2D eigenvalue weighted by Gasteiger charge is -2.10. The number of amides is 1. The van der Waals surface area contributed by atoms with Crippen molar-refractivity contribution in [2.75, 3.05) is 5.32 Å². The molecule has 0 bridgehead atoms. The number of nitrogens with zero attached hydrogens (tertiary/aromatic N) is 2. The number of fused-ring (bicyclic) bond motifs is 1. The van der Waals surface area contributed by atoms with Crippen molar-refractivity contribution in [2.45, 2.75) is 40.2 Å². The van der Waals surface area contributed by atoms with Crippen molar-refractivity contribution in [3.05, 3.63) is 71.6 Å². The molecule has 1 aromatic carbocycles. The topological polar surface area (TPSA) is 46.9 Å². The molecule has 134 valence electrons. The van der Waals surface area contributed by atoms with E-state index in [2.05, 4.69) is 48.9 Å². The first-order chi connectivity index (χ1) is 12.4. The maximum atomic E-state index is 13.0. The van der Waals surface area contributed by atoms with E-state index in [1.807, 2.05) is 36.6 Å². The van der Waals surface area contributed by atoms with Gasteiger partial charge in [0.2, 0.25) is 0 Å². The highest BCUT2D eigenvalue weighted by Gasteiger charge is 2.20. The van der Waals surface area contributed by atoms with Gasteiger partial charge in [-0.2, -0.15) is 0 Å². The third-order valence-electron chi connectivity index (χ3n) is 4.69. The van der Waals surface area contributed by atoms with E-state index in [0.29, 0.717) is 24.0 Å². The van der Waals surface area contributed by atoms with Gasteiger partial charge in [-0.05, 0) is 54.7 Å². The zero-order valence-electron chi connectivity index (χ0n) is 15.8. The highest BCUT2D eigenvalue weighted by atomic mass is 16.2. The van der Waals surface area contributed by atoms with Crippen LogP contribution in [0.4, 0.5) is 5.82 Å². The molecule has 0 saturated carbocycles. The van der Waals surface area contributed by atoms with Gasteiger partial charge in [-0.3, -0.25) is 4.79 Å². The minimum Gasteiger partial charge on any atom is -0.332 e. The van der Waals surface area contributed by atoms with Crippen LogP contribution < -0.4 is 5.32 Å². The molecule has 26 heavy (non-hydrogen) atoms. The summed E-state index contributed by atoms with van der Waals surface area (Å²) in [6.45, 7) is 12.7. The quantitative estimate of drug-likeness (QED) is 0.644. The third kappa shape index (κ3) is 3.27. The van der Waals surface area contributed by atoms with Crippen LogP contribution in [-0.2, 0) is 6.54 Å². The second-order valence-electron chi connectivity index (χ2n) is 6.98. The van der Waals surface area contributed by atoms with E-state index in [0.717, 1.165) is 22.0 Å². The van der Waals surface area contributed by atoms with Gasteiger partial charge in [-0.1, -0.05) is 32.1 Å². The fourth-order valence-corrected chi connectivity index (χ4v) is 3.23. The number of hydrogen-bond acceptors (Lipinski definition) is 2. The summed E-state index contributed by atoms with van der Waals surface area (Å²) < 4.78 is 2.02. The SMILES string of the molecule is C=CCn1c(C(=O)Nc2ccc(C)cn2)c(C)c2cc(C(C)C)ccc21. The summed E-state index contributed by atoms with van der Waals surface area (Å²) in [5.41, 5.74) is 5.01. The van der Waals surface area contributed by atoms with E-state index in [-0.39, 0.29) is 5.91 Å². The largest absolute Gasteiger partial charge is 0.332 e. The molecule has 4 heteroatoms. The Labute approximate surface area is 154 Å². The third-order valence-corrected chi connectivity index (χ3v) is 4.69. The molecule has 0 radical (unpaired) electrons. The lowest BCUT2D eigenvalue weighted by atomic mass is 10.0. The van der Waals surface area contributed by atoms with Crippen molar-refractivity contribution in [2.24, 2.45) is 0 Å². The molecule has 2 heterocycles. The number of aryl methyl sites for hydroxylation is 2. The van der Waals surface area contributed by atoms with Crippen LogP contribution in [0.25, 0.3) is 10.9 Å². The second kappa shape index (κ2) is 7.16. The van der Waals surface area contributed by atoms with Gasteiger partial charge in [0, 0.05) is 23.6 Å². The van der Waals surface area contributed by atoms with Crippen molar-refractivity contribution < 1.29 is 4.79 Å². The van der Waals surface area contributed by atoms with Crippen molar-refractivity contribution in [3.63, 3.8) is 0 Å². The standard InChI is InChI=1S/C22H25N3O/c1-6-11-25-19-9-8-17(14(2)3)12-18(19)16(5)21(25)22(26)24-20-10-7-15(4)13-23-20/h6-10,12-14H,1,11H2,2-5H3,(H,23,24,26). The molecule has 0 saturated heterocycles. The summed E-state index contributed by atoms with van der Waals surface area (Å²) in [6.07, 6.45) is 3.56. The van der Waals surface area contributed by atoms with Gasteiger partial charge in [0.25, 0.3) is 5.91 Å². The summed E-state index contributed by atoms with van der Waals surface area (Å²) in [7, 11) is 0. The van der Waals surface area contributed by atoms with Crippen LogP contribution in [0.3, 0.4) is 0 Å². The number of nitrogens with one attached hydrogen (secondary N) is 1. The Hall–Kier alpha value is -2.88. The number of anilines is 1. The number of pyridine rings is 1. The van der Waals surface area contributed by atoms with E-state index in [4.69, 9.17) is 0 Å². The molecule has 4 nitrogen and oxygen atoms in total. The van der Waals surface area contributed by atoms with E-state index >= 15 is 0 Å². The summed E-state index contributed by atoms with van der Waals surface area (Å²) in [6, 6.07) is 10.2. The molecule has 0 atom stereocenters. The number of hydrogen-bond donors (Lipinski definition) is 1. The van der Waals surface area contributed by atoms with E-state index < -0.39 is 0 Å². The number of carbonyl (C=O) groups excluding carboxylic acids is 1. The Morgan fingerprint density at radius 3 is 2.65 bits per heavy atom. The molecule has 1 amide bonds. The number of benzene rings is 1. The first kappa shape index (κ1) is 17.9. The molecule has 3 aromatic rings. The monoisotopic (exact) mass is 347 g/mol. The molecular formula is C22H25N3O. The molecule has 1 N–H and O–H groups in total. The molecule has 0 aliphatic heterocycles. The van der Waals surface area contributed by atoms with Gasteiger partial charge in [-0.25, -0.2) is 4.98 Å². The van der Waals surface area contributed by atoms with Crippen LogP contribution in [0.1, 0.15) is 46.9 Å². The Balaban J connectivity index is 2.09. The normalized spacial score (nSPS) is 11.1.